The van der Waals surface area contributed by atoms with Crippen molar-refractivity contribution >= 4 is 24.6 Å². The Morgan fingerprint density at radius 2 is 1.81 bits per heavy atom. The lowest BCUT2D eigenvalue weighted by molar-refractivity contribution is -0.120. The summed E-state index contributed by atoms with van der Waals surface area (Å²) in [5.74, 6) is -1.46. The van der Waals surface area contributed by atoms with E-state index in [1.165, 1.54) is 11.8 Å². The molecular formula is C31H39BF2N2O6. The van der Waals surface area contributed by atoms with Crippen LogP contribution < -0.4 is 10.8 Å². The summed E-state index contributed by atoms with van der Waals surface area (Å²) in [5.41, 5.74) is -0.456. The SMILES string of the molecule is C=C1OB(c2cccc(C3(N(C[C@@H](O)[C@H](Cc4cc(F)cc(F)c4)NC(C)=O)C(=O)OC(C)(C)C)CC3)c2)OC1(C)C. The molecular weight excluding hydrogens is 545 g/mol. The Hall–Kier alpha value is -3.44. The standard InChI is InChI=1S/C31H39BF2N2O6/c1-19-30(6,7)42-32(41-19)23-10-8-9-22(16-23)31(11-12-31)36(28(39)40-29(3,4)5)18-27(38)26(35-20(2)37)15-21-13-24(33)17-25(34)14-21/h8-10,13-14,16-17,26-27,38H,1,11-12,15,18H2,2-7H3,(H,35,37)/t26-,27+/m0/s1. The maximum atomic E-state index is 13.9. The number of nitrogens with one attached hydrogen (secondary N) is 1. The van der Waals surface area contributed by atoms with Gasteiger partial charge in [0, 0.05) is 13.0 Å². The largest absolute Gasteiger partial charge is 0.563 e. The minimum atomic E-state index is -1.29. The first-order valence-electron chi connectivity index (χ1n) is 14.0. The predicted octanol–water partition coefficient (Wildman–Crippen LogP) is 4.33. The van der Waals surface area contributed by atoms with Crippen LogP contribution >= 0.6 is 0 Å². The molecule has 42 heavy (non-hydrogen) atoms. The van der Waals surface area contributed by atoms with Gasteiger partial charge in [-0.3, -0.25) is 9.69 Å². The number of amides is 2. The van der Waals surface area contributed by atoms with E-state index < -0.39 is 59.6 Å². The molecule has 2 fully saturated rings. The molecule has 0 spiro atoms. The molecule has 0 radical (unpaired) electrons. The molecule has 0 aromatic heterocycles. The topological polar surface area (TPSA) is 97.3 Å². The van der Waals surface area contributed by atoms with Crippen molar-refractivity contribution in [2.45, 2.75) is 89.7 Å². The maximum absolute atomic E-state index is 13.9. The number of carbonyl (C=O) groups excluding carboxylic acids is 2. The van der Waals surface area contributed by atoms with Gasteiger partial charge in [-0.15, -0.1) is 0 Å². The van der Waals surface area contributed by atoms with E-state index in [-0.39, 0.29) is 18.5 Å². The van der Waals surface area contributed by atoms with Crippen LogP contribution in [0.15, 0.2) is 54.8 Å². The van der Waals surface area contributed by atoms with E-state index in [1.54, 1.807) is 20.8 Å². The minimum absolute atomic E-state index is 0.0594. The van der Waals surface area contributed by atoms with E-state index in [1.807, 2.05) is 38.1 Å². The second kappa shape index (κ2) is 11.7. The lowest BCUT2D eigenvalue weighted by Crippen LogP contribution is -2.53. The van der Waals surface area contributed by atoms with Gasteiger partial charge >= 0.3 is 13.2 Å². The number of aliphatic hydroxyl groups is 1. The smallest absolute Gasteiger partial charge is 0.534 e. The number of hydrogen-bond donors (Lipinski definition) is 2. The molecule has 226 valence electrons. The third-order valence-corrected chi connectivity index (χ3v) is 7.47. The molecule has 1 aliphatic heterocycles. The van der Waals surface area contributed by atoms with Crippen molar-refractivity contribution in [3.05, 3.63) is 77.6 Å². The fraction of sp³-hybridized carbons (Fsp3) is 0.484. The van der Waals surface area contributed by atoms with Crippen molar-refractivity contribution < 1.29 is 37.5 Å². The zero-order valence-corrected chi connectivity index (χ0v) is 25.0. The summed E-state index contributed by atoms with van der Waals surface area (Å²) in [4.78, 5) is 27.2. The Bertz CT molecular complexity index is 1340. The number of carbonyl (C=O) groups is 2. The Labute approximate surface area is 246 Å². The van der Waals surface area contributed by atoms with Crippen LogP contribution in [-0.2, 0) is 30.8 Å². The van der Waals surface area contributed by atoms with Gasteiger partial charge in [0.2, 0.25) is 5.91 Å². The molecule has 2 N–H and O–H groups in total. The first-order chi connectivity index (χ1) is 19.5. The van der Waals surface area contributed by atoms with Gasteiger partial charge in [-0.05, 0) is 82.6 Å². The summed E-state index contributed by atoms with van der Waals surface area (Å²) in [5, 5.41) is 14.1. The second-order valence-corrected chi connectivity index (χ2v) is 12.6. The first kappa shape index (κ1) is 31.5. The summed E-state index contributed by atoms with van der Waals surface area (Å²) in [6.07, 6.45) is -0.777. The average Bonchev–Trinajstić information content (AvgIpc) is 3.60. The molecule has 2 aliphatic rings. The van der Waals surface area contributed by atoms with E-state index >= 15 is 0 Å². The molecule has 2 aromatic carbocycles. The number of halogens is 2. The maximum Gasteiger partial charge on any atom is 0.563 e. The van der Waals surface area contributed by atoms with Gasteiger partial charge in [-0.25, -0.2) is 13.6 Å². The van der Waals surface area contributed by atoms with Crippen LogP contribution in [0.4, 0.5) is 13.6 Å². The van der Waals surface area contributed by atoms with Gasteiger partial charge in [0.05, 0.1) is 30.0 Å². The van der Waals surface area contributed by atoms with E-state index in [4.69, 9.17) is 14.0 Å². The lowest BCUT2D eigenvalue weighted by atomic mass is 9.77. The Morgan fingerprint density at radius 1 is 1.17 bits per heavy atom. The van der Waals surface area contributed by atoms with E-state index in [0.717, 1.165) is 29.2 Å². The third kappa shape index (κ3) is 7.31. The molecule has 0 unspecified atom stereocenters. The van der Waals surface area contributed by atoms with E-state index in [2.05, 4.69) is 11.9 Å². The normalized spacial score (nSPS) is 18.6. The first-order valence-corrected chi connectivity index (χ1v) is 14.0. The van der Waals surface area contributed by atoms with Crippen LogP contribution in [0.1, 0.15) is 65.5 Å². The van der Waals surface area contributed by atoms with Crippen molar-refractivity contribution in [1.82, 2.24) is 10.2 Å². The molecule has 1 saturated carbocycles. The summed E-state index contributed by atoms with van der Waals surface area (Å²) in [6, 6.07) is 9.64. The molecule has 0 bridgehead atoms. The monoisotopic (exact) mass is 584 g/mol. The highest BCUT2D eigenvalue weighted by Crippen LogP contribution is 2.51. The highest BCUT2D eigenvalue weighted by molar-refractivity contribution is 6.62. The van der Waals surface area contributed by atoms with Gasteiger partial charge in [-0.1, -0.05) is 30.8 Å². The molecule has 11 heteroatoms. The van der Waals surface area contributed by atoms with Gasteiger partial charge in [-0.2, -0.15) is 0 Å². The van der Waals surface area contributed by atoms with E-state index in [9.17, 15) is 23.5 Å². The fourth-order valence-corrected chi connectivity index (χ4v) is 5.15. The fourth-order valence-electron chi connectivity index (χ4n) is 5.15. The molecule has 2 amide bonds. The van der Waals surface area contributed by atoms with Gasteiger partial charge in [0.15, 0.2) is 0 Å². The lowest BCUT2D eigenvalue weighted by Gasteiger charge is -2.37. The van der Waals surface area contributed by atoms with Crippen LogP contribution in [0, 0.1) is 11.6 Å². The van der Waals surface area contributed by atoms with Gasteiger partial charge < -0.3 is 24.5 Å². The Kier molecular flexibility index (Phi) is 8.76. The quantitative estimate of drug-likeness (QED) is 0.426. The minimum Gasteiger partial charge on any atom is -0.534 e. The molecule has 2 aromatic rings. The number of aliphatic hydroxyl groups excluding tert-OH is 1. The van der Waals surface area contributed by atoms with Crippen molar-refractivity contribution in [2.24, 2.45) is 0 Å². The Morgan fingerprint density at radius 3 is 2.33 bits per heavy atom. The highest BCUT2D eigenvalue weighted by atomic mass is 19.1. The zero-order valence-electron chi connectivity index (χ0n) is 25.0. The predicted molar refractivity (Wildman–Crippen MR) is 155 cm³/mol. The van der Waals surface area contributed by atoms with Crippen LogP contribution in [0.3, 0.4) is 0 Å². The van der Waals surface area contributed by atoms with Crippen LogP contribution in [0.25, 0.3) is 0 Å². The van der Waals surface area contributed by atoms with Crippen molar-refractivity contribution in [2.75, 3.05) is 6.54 Å². The van der Waals surface area contributed by atoms with E-state index in [0.29, 0.717) is 18.6 Å². The van der Waals surface area contributed by atoms with Crippen LogP contribution in [-0.4, -0.2) is 59.0 Å². The van der Waals surface area contributed by atoms with Crippen LogP contribution in [0.5, 0.6) is 0 Å². The average molecular weight is 584 g/mol. The molecule has 2 atom stereocenters. The molecule has 1 saturated heterocycles. The van der Waals surface area contributed by atoms with Gasteiger partial charge in [0.1, 0.15) is 22.8 Å². The summed E-state index contributed by atoms with van der Waals surface area (Å²) < 4.78 is 45.5. The molecule has 1 heterocycles. The third-order valence-electron chi connectivity index (χ3n) is 7.47. The van der Waals surface area contributed by atoms with Crippen molar-refractivity contribution in [1.29, 1.82) is 0 Å². The number of rotatable bonds is 9. The number of benzene rings is 2. The summed E-state index contributed by atoms with van der Waals surface area (Å²) in [6.45, 7) is 14.0. The highest BCUT2D eigenvalue weighted by Gasteiger charge is 2.54. The molecule has 4 rings (SSSR count). The van der Waals surface area contributed by atoms with Crippen LogP contribution in [0.2, 0.25) is 0 Å². The Balaban J connectivity index is 1.65. The summed E-state index contributed by atoms with van der Waals surface area (Å²) >= 11 is 0. The van der Waals surface area contributed by atoms with Crippen molar-refractivity contribution in [3.8, 4) is 0 Å². The second-order valence-electron chi connectivity index (χ2n) is 12.6. The number of ether oxygens (including phenoxy) is 1. The van der Waals surface area contributed by atoms with Crippen molar-refractivity contribution in [3.63, 3.8) is 0 Å². The zero-order chi connectivity index (χ0) is 31.0. The number of nitrogens with zero attached hydrogens (tertiary/aromatic N) is 1. The molecule has 8 nitrogen and oxygen atoms in total. The number of hydrogen-bond acceptors (Lipinski definition) is 6. The van der Waals surface area contributed by atoms with Gasteiger partial charge in [0.25, 0.3) is 0 Å². The molecule has 1 aliphatic carbocycles. The summed E-state index contributed by atoms with van der Waals surface area (Å²) in [7, 11) is -0.667.